The molecule has 0 aliphatic heterocycles. The van der Waals surface area contributed by atoms with Crippen molar-refractivity contribution >= 4 is 5.95 Å². The molecule has 1 aromatic rings. The topological polar surface area (TPSA) is 67.0 Å². The number of anilines is 1. The Hall–Kier alpha value is -1.36. The highest BCUT2D eigenvalue weighted by molar-refractivity contribution is 5.23. The van der Waals surface area contributed by atoms with Gasteiger partial charge in [-0.15, -0.1) is 0 Å². The van der Waals surface area contributed by atoms with E-state index in [0.717, 1.165) is 0 Å². The van der Waals surface area contributed by atoms with Gasteiger partial charge in [0.05, 0.1) is 12.3 Å². The molecule has 0 radical (unpaired) electrons. The van der Waals surface area contributed by atoms with E-state index in [9.17, 15) is 4.79 Å². The van der Waals surface area contributed by atoms with Crippen molar-refractivity contribution in [2.75, 3.05) is 19.5 Å². The molecule has 66 valence electrons. The van der Waals surface area contributed by atoms with E-state index in [1.54, 1.807) is 14.2 Å². The van der Waals surface area contributed by atoms with Gasteiger partial charge in [-0.25, -0.2) is 4.98 Å². The van der Waals surface area contributed by atoms with Crippen LogP contribution in [0.25, 0.3) is 0 Å². The Morgan fingerprint density at radius 3 is 3.08 bits per heavy atom. The molecule has 0 aromatic carbocycles. The van der Waals surface area contributed by atoms with Crippen molar-refractivity contribution in [1.29, 1.82) is 0 Å². The number of rotatable bonds is 3. The van der Waals surface area contributed by atoms with Crippen LogP contribution in [0.3, 0.4) is 0 Å². The van der Waals surface area contributed by atoms with E-state index in [-0.39, 0.29) is 5.56 Å². The second-order valence-electron chi connectivity index (χ2n) is 2.27. The quantitative estimate of drug-likeness (QED) is 0.666. The van der Waals surface area contributed by atoms with Gasteiger partial charge in [-0.05, 0) is 0 Å². The van der Waals surface area contributed by atoms with Crippen molar-refractivity contribution in [3.8, 4) is 0 Å². The molecule has 0 unspecified atom stereocenters. The molecular formula is C7H11N3O2. The molecule has 0 atom stereocenters. The van der Waals surface area contributed by atoms with Crippen LogP contribution in [-0.2, 0) is 11.3 Å². The molecule has 12 heavy (non-hydrogen) atoms. The van der Waals surface area contributed by atoms with Gasteiger partial charge in [0.15, 0.2) is 0 Å². The van der Waals surface area contributed by atoms with Crippen molar-refractivity contribution in [2.45, 2.75) is 6.61 Å². The van der Waals surface area contributed by atoms with Gasteiger partial charge in [-0.1, -0.05) is 0 Å². The molecule has 5 nitrogen and oxygen atoms in total. The van der Waals surface area contributed by atoms with Crippen LogP contribution in [0.5, 0.6) is 0 Å². The lowest BCUT2D eigenvalue weighted by atomic mass is 10.4. The lowest BCUT2D eigenvalue weighted by Gasteiger charge is -2.01. The van der Waals surface area contributed by atoms with Crippen LogP contribution in [0.15, 0.2) is 10.9 Å². The fourth-order valence-corrected chi connectivity index (χ4v) is 0.848. The maximum atomic E-state index is 11.0. The smallest absolute Gasteiger partial charge is 0.252 e. The van der Waals surface area contributed by atoms with Crippen LogP contribution in [-0.4, -0.2) is 24.1 Å². The Morgan fingerprint density at radius 1 is 1.75 bits per heavy atom. The SMILES string of the molecule is CNc1nc(COC)cc(=O)[nH]1. The summed E-state index contributed by atoms with van der Waals surface area (Å²) in [5.74, 6) is 0.453. The summed E-state index contributed by atoms with van der Waals surface area (Å²) in [4.78, 5) is 17.5. The van der Waals surface area contributed by atoms with E-state index in [1.807, 2.05) is 0 Å². The first-order valence-corrected chi connectivity index (χ1v) is 3.53. The van der Waals surface area contributed by atoms with E-state index < -0.39 is 0 Å². The number of methoxy groups -OCH3 is 1. The summed E-state index contributed by atoms with van der Waals surface area (Å²) >= 11 is 0. The van der Waals surface area contributed by atoms with Gasteiger partial charge in [0.25, 0.3) is 5.56 Å². The first-order valence-electron chi connectivity index (χ1n) is 3.53. The van der Waals surface area contributed by atoms with Crippen LogP contribution in [0, 0.1) is 0 Å². The number of aromatic nitrogens is 2. The van der Waals surface area contributed by atoms with Gasteiger partial charge in [0, 0.05) is 20.2 Å². The monoisotopic (exact) mass is 169 g/mol. The molecule has 0 spiro atoms. The van der Waals surface area contributed by atoms with Crippen molar-refractivity contribution in [2.24, 2.45) is 0 Å². The molecule has 0 fully saturated rings. The molecular weight excluding hydrogens is 158 g/mol. The van der Waals surface area contributed by atoms with Gasteiger partial charge in [-0.2, -0.15) is 0 Å². The number of aromatic amines is 1. The van der Waals surface area contributed by atoms with Gasteiger partial charge in [0.1, 0.15) is 0 Å². The molecule has 0 bridgehead atoms. The third-order valence-electron chi connectivity index (χ3n) is 1.32. The zero-order valence-corrected chi connectivity index (χ0v) is 7.05. The van der Waals surface area contributed by atoms with Gasteiger partial charge in [-0.3, -0.25) is 9.78 Å². The normalized spacial score (nSPS) is 9.83. The predicted octanol–water partition coefficient (Wildman–Crippen LogP) is -0.0420. The molecule has 1 rings (SSSR count). The summed E-state index contributed by atoms with van der Waals surface area (Å²) in [7, 11) is 3.25. The van der Waals surface area contributed by atoms with Crippen molar-refractivity contribution in [3.63, 3.8) is 0 Å². The molecule has 0 aliphatic carbocycles. The molecule has 2 N–H and O–H groups in total. The Kier molecular flexibility index (Phi) is 2.82. The van der Waals surface area contributed by atoms with E-state index >= 15 is 0 Å². The van der Waals surface area contributed by atoms with E-state index in [4.69, 9.17) is 4.74 Å². The molecule has 0 aliphatic rings. The first-order chi connectivity index (χ1) is 5.76. The number of nitrogens with zero attached hydrogens (tertiary/aromatic N) is 1. The van der Waals surface area contributed by atoms with Crippen LogP contribution in [0.4, 0.5) is 5.95 Å². The van der Waals surface area contributed by atoms with E-state index in [0.29, 0.717) is 18.2 Å². The van der Waals surface area contributed by atoms with E-state index in [2.05, 4.69) is 15.3 Å². The Morgan fingerprint density at radius 2 is 2.50 bits per heavy atom. The van der Waals surface area contributed by atoms with E-state index in [1.165, 1.54) is 6.07 Å². The maximum Gasteiger partial charge on any atom is 0.252 e. The van der Waals surface area contributed by atoms with Crippen molar-refractivity contribution in [3.05, 3.63) is 22.1 Å². The second kappa shape index (κ2) is 3.87. The third-order valence-corrected chi connectivity index (χ3v) is 1.32. The minimum absolute atomic E-state index is 0.179. The summed E-state index contributed by atoms with van der Waals surface area (Å²) in [6.45, 7) is 0.346. The van der Waals surface area contributed by atoms with Gasteiger partial charge >= 0.3 is 0 Å². The zero-order chi connectivity index (χ0) is 8.97. The molecule has 1 heterocycles. The number of H-pyrrole nitrogens is 1. The second-order valence-corrected chi connectivity index (χ2v) is 2.27. The molecule has 0 saturated heterocycles. The highest BCUT2D eigenvalue weighted by Crippen LogP contribution is 1.96. The lowest BCUT2D eigenvalue weighted by molar-refractivity contribution is 0.181. The number of hydrogen-bond acceptors (Lipinski definition) is 4. The molecule has 5 heteroatoms. The summed E-state index contributed by atoms with van der Waals surface area (Å²) in [6.07, 6.45) is 0. The predicted molar refractivity (Wildman–Crippen MR) is 45.1 cm³/mol. The molecule has 0 saturated carbocycles. The first kappa shape index (κ1) is 8.73. The largest absolute Gasteiger partial charge is 0.378 e. The minimum atomic E-state index is -0.179. The molecule has 0 amide bonds. The fourth-order valence-electron chi connectivity index (χ4n) is 0.848. The van der Waals surface area contributed by atoms with Gasteiger partial charge in [0.2, 0.25) is 5.95 Å². The van der Waals surface area contributed by atoms with Crippen molar-refractivity contribution < 1.29 is 4.74 Å². The molecule has 1 aromatic heterocycles. The average molecular weight is 169 g/mol. The van der Waals surface area contributed by atoms with Crippen LogP contribution in [0.2, 0.25) is 0 Å². The summed E-state index contributed by atoms with van der Waals surface area (Å²) in [6, 6.07) is 1.41. The minimum Gasteiger partial charge on any atom is -0.378 e. The third kappa shape index (κ3) is 2.06. The van der Waals surface area contributed by atoms with Gasteiger partial charge < -0.3 is 10.1 Å². The summed E-state index contributed by atoms with van der Waals surface area (Å²) in [5.41, 5.74) is 0.437. The summed E-state index contributed by atoms with van der Waals surface area (Å²) < 4.78 is 4.84. The Bertz CT molecular complexity index is 308. The number of ether oxygens (including phenoxy) is 1. The standard InChI is InChI=1S/C7H11N3O2/c1-8-7-9-5(4-12-2)3-6(11)10-7/h3H,4H2,1-2H3,(H2,8,9,10,11). The van der Waals surface area contributed by atoms with Crippen LogP contribution in [0.1, 0.15) is 5.69 Å². The highest BCUT2D eigenvalue weighted by Gasteiger charge is 1.97. The Labute approximate surface area is 69.8 Å². The number of hydrogen-bond donors (Lipinski definition) is 2. The highest BCUT2D eigenvalue weighted by atomic mass is 16.5. The van der Waals surface area contributed by atoms with Crippen molar-refractivity contribution in [1.82, 2.24) is 9.97 Å². The fraction of sp³-hybridized carbons (Fsp3) is 0.429. The van der Waals surface area contributed by atoms with Crippen LogP contribution < -0.4 is 10.9 Å². The Balaban J connectivity index is 2.98. The number of nitrogens with one attached hydrogen (secondary N) is 2. The van der Waals surface area contributed by atoms with Crippen LogP contribution >= 0.6 is 0 Å². The summed E-state index contributed by atoms with van der Waals surface area (Å²) in [5, 5.41) is 2.74. The maximum absolute atomic E-state index is 11.0. The lowest BCUT2D eigenvalue weighted by Crippen LogP contribution is -2.12. The zero-order valence-electron chi connectivity index (χ0n) is 7.05. The average Bonchev–Trinajstić information content (AvgIpc) is 2.04.